The molecule has 1 aromatic heterocycles. The Labute approximate surface area is 96.5 Å². The maximum absolute atomic E-state index is 4.52. The molecule has 3 nitrogen and oxygen atoms in total. The zero-order valence-corrected chi connectivity index (χ0v) is 11.3. The second kappa shape index (κ2) is 4.49. The molecule has 0 aliphatic carbocycles. The smallest absolute Gasteiger partial charge is 0.185 e. The summed E-state index contributed by atoms with van der Waals surface area (Å²) in [6.07, 6.45) is 0. The van der Waals surface area contributed by atoms with E-state index in [1.165, 1.54) is 4.88 Å². The van der Waals surface area contributed by atoms with Gasteiger partial charge in [-0.3, -0.25) is 0 Å². The summed E-state index contributed by atoms with van der Waals surface area (Å²) in [5.41, 5.74) is 1.30. The maximum Gasteiger partial charge on any atom is 0.185 e. The van der Waals surface area contributed by atoms with Crippen molar-refractivity contribution in [1.82, 2.24) is 10.3 Å². The minimum Gasteiger partial charge on any atom is -0.354 e. The van der Waals surface area contributed by atoms with Crippen molar-refractivity contribution in [2.45, 2.75) is 39.8 Å². The van der Waals surface area contributed by atoms with Gasteiger partial charge >= 0.3 is 0 Å². The summed E-state index contributed by atoms with van der Waals surface area (Å²) in [5.74, 6) is 0. The molecule has 0 atom stereocenters. The first-order chi connectivity index (χ1) is 6.79. The summed E-state index contributed by atoms with van der Waals surface area (Å²) in [6, 6.07) is 0. The molecule has 1 N–H and O–H groups in total. The lowest BCUT2D eigenvalue weighted by Gasteiger charge is -2.19. The molecule has 86 valence electrons. The fraction of sp³-hybridized carbons (Fsp3) is 0.727. The lowest BCUT2D eigenvalue weighted by molar-refractivity contribution is 0.425. The lowest BCUT2D eigenvalue weighted by Crippen LogP contribution is -2.34. The monoisotopic (exact) mass is 227 g/mol. The number of hydrogen-bond donors (Lipinski definition) is 1. The van der Waals surface area contributed by atoms with E-state index >= 15 is 0 Å². The predicted octanol–water partition coefficient (Wildman–Crippen LogP) is 2.41. The molecular formula is C11H21N3S. The molecule has 0 amide bonds. The molecule has 1 heterocycles. The van der Waals surface area contributed by atoms with Crippen molar-refractivity contribution < 1.29 is 0 Å². The van der Waals surface area contributed by atoms with E-state index in [1.54, 1.807) is 11.3 Å². The first-order valence-electron chi connectivity index (χ1n) is 5.18. The standard InChI is InChI=1S/C11H21N3S/c1-8-9(7-12-11(2,3)4)15-10(13-8)14(5)6/h12H,7H2,1-6H3. The van der Waals surface area contributed by atoms with Crippen molar-refractivity contribution in [1.29, 1.82) is 0 Å². The highest BCUT2D eigenvalue weighted by atomic mass is 32.1. The number of aryl methyl sites for hydroxylation is 1. The van der Waals surface area contributed by atoms with E-state index in [4.69, 9.17) is 0 Å². The van der Waals surface area contributed by atoms with Gasteiger partial charge in [0.2, 0.25) is 0 Å². The predicted molar refractivity (Wildman–Crippen MR) is 67.8 cm³/mol. The molecule has 0 aliphatic heterocycles. The van der Waals surface area contributed by atoms with Gasteiger partial charge in [-0.15, -0.1) is 11.3 Å². The molecule has 4 heteroatoms. The van der Waals surface area contributed by atoms with Gasteiger partial charge < -0.3 is 10.2 Å². The molecular weight excluding hydrogens is 206 g/mol. The van der Waals surface area contributed by atoms with Gasteiger partial charge in [-0.1, -0.05) is 0 Å². The normalized spacial score (nSPS) is 11.9. The van der Waals surface area contributed by atoms with Crippen LogP contribution in [0.2, 0.25) is 0 Å². The second-order valence-corrected chi connectivity index (χ2v) is 6.07. The van der Waals surface area contributed by atoms with Crippen molar-refractivity contribution >= 4 is 16.5 Å². The highest BCUT2D eigenvalue weighted by molar-refractivity contribution is 7.15. The first kappa shape index (κ1) is 12.5. The Morgan fingerprint density at radius 1 is 1.33 bits per heavy atom. The summed E-state index contributed by atoms with van der Waals surface area (Å²) in [6.45, 7) is 9.51. The molecule has 0 fully saturated rings. The number of thiazole rings is 1. The van der Waals surface area contributed by atoms with Crippen molar-refractivity contribution in [3.05, 3.63) is 10.6 Å². The van der Waals surface area contributed by atoms with Crippen molar-refractivity contribution in [2.24, 2.45) is 0 Å². The number of hydrogen-bond acceptors (Lipinski definition) is 4. The quantitative estimate of drug-likeness (QED) is 0.859. The molecule has 0 saturated carbocycles. The van der Waals surface area contributed by atoms with Crippen LogP contribution >= 0.6 is 11.3 Å². The van der Waals surface area contributed by atoms with E-state index in [0.717, 1.165) is 17.4 Å². The Morgan fingerprint density at radius 3 is 2.33 bits per heavy atom. The third kappa shape index (κ3) is 3.80. The van der Waals surface area contributed by atoms with Crippen LogP contribution in [-0.2, 0) is 6.54 Å². The van der Waals surface area contributed by atoms with E-state index in [1.807, 2.05) is 14.1 Å². The molecule has 0 unspecified atom stereocenters. The molecule has 0 bridgehead atoms. The van der Waals surface area contributed by atoms with E-state index in [-0.39, 0.29) is 5.54 Å². The van der Waals surface area contributed by atoms with E-state index in [9.17, 15) is 0 Å². The van der Waals surface area contributed by atoms with Gasteiger partial charge in [-0.05, 0) is 27.7 Å². The van der Waals surface area contributed by atoms with Gasteiger partial charge in [0.05, 0.1) is 5.69 Å². The molecule has 15 heavy (non-hydrogen) atoms. The zero-order chi connectivity index (χ0) is 11.6. The summed E-state index contributed by atoms with van der Waals surface area (Å²) >= 11 is 1.76. The molecule has 1 rings (SSSR count). The first-order valence-corrected chi connectivity index (χ1v) is 6.00. The summed E-state index contributed by atoms with van der Waals surface area (Å²) in [4.78, 5) is 7.90. The Balaban J connectivity index is 2.69. The van der Waals surface area contributed by atoms with Crippen molar-refractivity contribution in [3.63, 3.8) is 0 Å². The highest BCUT2D eigenvalue weighted by Crippen LogP contribution is 2.24. The largest absolute Gasteiger partial charge is 0.354 e. The second-order valence-electron chi connectivity index (χ2n) is 5.00. The Kier molecular flexibility index (Phi) is 3.73. The highest BCUT2D eigenvalue weighted by Gasteiger charge is 2.13. The van der Waals surface area contributed by atoms with Gasteiger partial charge in [0.1, 0.15) is 0 Å². The molecule has 0 aliphatic rings. The third-order valence-corrected chi connectivity index (χ3v) is 3.37. The number of aromatic nitrogens is 1. The van der Waals surface area contributed by atoms with Crippen LogP contribution < -0.4 is 10.2 Å². The number of anilines is 1. The van der Waals surface area contributed by atoms with Gasteiger partial charge in [-0.25, -0.2) is 4.98 Å². The summed E-state index contributed by atoms with van der Waals surface area (Å²) in [7, 11) is 4.05. The Hall–Kier alpha value is -0.610. The average Bonchev–Trinajstić information content (AvgIpc) is 2.42. The molecule has 0 spiro atoms. The minimum absolute atomic E-state index is 0.161. The summed E-state index contributed by atoms with van der Waals surface area (Å²) in [5, 5.41) is 4.56. The van der Waals surface area contributed by atoms with E-state index in [0.29, 0.717) is 0 Å². The van der Waals surface area contributed by atoms with Gasteiger partial charge in [0.25, 0.3) is 0 Å². The Bertz CT molecular complexity index is 323. The number of nitrogens with zero attached hydrogens (tertiary/aromatic N) is 2. The van der Waals surface area contributed by atoms with Crippen LogP contribution in [0.5, 0.6) is 0 Å². The van der Waals surface area contributed by atoms with Crippen LogP contribution in [-0.4, -0.2) is 24.6 Å². The minimum atomic E-state index is 0.161. The van der Waals surface area contributed by atoms with Crippen LogP contribution in [0, 0.1) is 6.92 Å². The summed E-state index contributed by atoms with van der Waals surface area (Å²) < 4.78 is 0. The van der Waals surface area contributed by atoms with Crippen molar-refractivity contribution in [3.8, 4) is 0 Å². The zero-order valence-electron chi connectivity index (χ0n) is 10.5. The van der Waals surface area contributed by atoms with Gasteiger partial charge in [0, 0.05) is 31.1 Å². The van der Waals surface area contributed by atoms with Crippen molar-refractivity contribution in [2.75, 3.05) is 19.0 Å². The van der Waals surface area contributed by atoms with Gasteiger partial charge in [0.15, 0.2) is 5.13 Å². The van der Waals surface area contributed by atoms with Crippen LogP contribution in [0.15, 0.2) is 0 Å². The van der Waals surface area contributed by atoms with Crippen LogP contribution in [0.4, 0.5) is 5.13 Å². The lowest BCUT2D eigenvalue weighted by atomic mass is 10.1. The van der Waals surface area contributed by atoms with Crippen LogP contribution in [0.1, 0.15) is 31.3 Å². The molecule has 1 aromatic rings. The average molecular weight is 227 g/mol. The Morgan fingerprint density at radius 2 is 1.93 bits per heavy atom. The molecule has 0 saturated heterocycles. The molecule has 0 aromatic carbocycles. The number of nitrogens with one attached hydrogen (secondary N) is 1. The van der Waals surface area contributed by atoms with E-state index < -0.39 is 0 Å². The fourth-order valence-corrected chi connectivity index (χ4v) is 2.04. The van der Waals surface area contributed by atoms with E-state index in [2.05, 4.69) is 42.9 Å². The SMILES string of the molecule is Cc1nc(N(C)C)sc1CNC(C)(C)C. The van der Waals surface area contributed by atoms with Gasteiger partial charge in [-0.2, -0.15) is 0 Å². The molecule has 0 radical (unpaired) electrons. The van der Waals surface area contributed by atoms with Crippen LogP contribution in [0.25, 0.3) is 0 Å². The topological polar surface area (TPSA) is 28.2 Å². The number of rotatable bonds is 3. The maximum atomic E-state index is 4.52. The van der Waals surface area contributed by atoms with Crippen LogP contribution in [0.3, 0.4) is 0 Å². The fourth-order valence-electron chi connectivity index (χ4n) is 1.11. The third-order valence-electron chi connectivity index (χ3n) is 2.04.